The number of hydrogen-bond donors (Lipinski definition) is 1. The normalized spacial score (nSPS) is 15.1. The first-order valence-electron chi connectivity index (χ1n) is 8.06. The summed E-state index contributed by atoms with van der Waals surface area (Å²) in [7, 11) is 1.87. The largest absolute Gasteiger partial charge is 0.320 e. The lowest BCUT2D eigenvalue weighted by Gasteiger charge is -2.17. The van der Waals surface area contributed by atoms with Crippen LogP contribution in [0.1, 0.15) is 60.2 Å². The van der Waals surface area contributed by atoms with Gasteiger partial charge < -0.3 is 10.3 Å². The molecule has 0 spiro atoms. The zero-order valence-corrected chi connectivity index (χ0v) is 13.6. The third kappa shape index (κ3) is 2.50. The summed E-state index contributed by atoms with van der Waals surface area (Å²) < 4.78 is 1.79. The van der Waals surface area contributed by atoms with Crippen molar-refractivity contribution in [3.63, 3.8) is 0 Å². The Balaban J connectivity index is 2.00. The van der Waals surface area contributed by atoms with Crippen LogP contribution in [0.25, 0.3) is 0 Å². The highest BCUT2D eigenvalue weighted by atomic mass is 16.1. The van der Waals surface area contributed by atoms with Crippen molar-refractivity contribution in [2.45, 2.75) is 45.1 Å². The Labute approximate surface area is 131 Å². The van der Waals surface area contributed by atoms with Crippen LogP contribution in [0.4, 0.5) is 0 Å². The van der Waals surface area contributed by atoms with Crippen LogP contribution in [-0.4, -0.2) is 4.57 Å². The van der Waals surface area contributed by atoms with Gasteiger partial charge in [-0.2, -0.15) is 0 Å². The van der Waals surface area contributed by atoms with Gasteiger partial charge in [0.25, 0.3) is 5.56 Å². The number of benzene rings is 1. The first kappa shape index (κ1) is 15.0. The highest BCUT2D eigenvalue weighted by Gasteiger charge is 2.21. The molecular weight excluding hydrogens is 272 g/mol. The smallest absolute Gasteiger partial charge is 0.255 e. The molecule has 1 aromatic carbocycles. The Kier molecular flexibility index (Phi) is 3.92. The number of hydrogen-bond acceptors (Lipinski definition) is 2. The van der Waals surface area contributed by atoms with E-state index in [-0.39, 0.29) is 11.6 Å². The lowest BCUT2D eigenvalue weighted by Crippen LogP contribution is -2.29. The van der Waals surface area contributed by atoms with Gasteiger partial charge in [-0.3, -0.25) is 4.79 Å². The molecule has 2 aromatic rings. The molecule has 0 radical (unpaired) electrons. The SMILES string of the molecule is CC(C)c1ccc(C(N)c2cc3c(n(C)c2=O)CCC3)cc1. The quantitative estimate of drug-likeness (QED) is 0.946. The molecule has 0 fully saturated rings. The Hall–Kier alpha value is -1.87. The molecule has 0 aliphatic heterocycles. The number of rotatable bonds is 3. The van der Waals surface area contributed by atoms with E-state index in [4.69, 9.17) is 5.73 Å². The van der Waals surface area contributed by atoms with Crippen LogP contribution in [0.3, 0.4) is 0 Å². The topological polar surface area (TPSA) is 48.0 Å². The second-order valence-electron chi connectivity index (χ2n) is 6.59. The molecule has 3 rings (SSSR count). The number of pyridine rings is 1. The summed E-state index contributed by atoms with van der Waals surface area (Å²) in [5, 5.41) is 0. The van der Waals surface area contributed by atoms with E-state index < -0.39 is 0 Å². The molecule has 116 valence electrons. The van der Waals surface area contributed by atoms with Crippen molar-refractivity contribution in [2.75, 3.05) is 0 Å². The van der Waals surface area contributed by atoms with Gasteiger partial charge in [-0.15, -0.1) is 0 Å². The van der Waals surface area contributed by atoms with Crippen molar-refractivity contribution < 1.29 is 0 Å². The predicted molar refractivity (Wildman–Crippen MR) is 90.3 cm³/mol. The fraction of sp³-hybridized carbons (Fsp3) is 0.421. The zero-order chi connectivity index (χ0) is 15.9. The minimum atomic E-state index is -0.356. The van der Waals surface area contributed by atoms with Crippen LogP contribution in [0.2, 0.25) is 0 Å². The number of aromatic nitrogens is 1. The predicted octanol–water partition coefficient (Wildman–Crippen LogP) is 3.05. The second-order valence-corrected chi connectivity index (χ2v) is 6.59. The van der Waals surface area contributed by atoms with Gasteiger partial charge in [0.1, 0.15) is 0 Å². The van der Waals surface area contributed by atoms with E-state index >= 15 is 0 Å². The maximum atomic E-state index is 12.6. The molecule has 2 N–H and O–H groups in total. The third-order valence-corrected chi connectivity index (χ3v) is 4.81. The van der Waals surface area contributed by atoms with Crippen molar-refractivity contribution in [2.24, 2.45) is 12.8 Å². The van der Waals surface area contributed by atoms with Crippen LogP contribution in [0, 0.1) is 0 Å². The fourth-order valence-corrected chi connectivity index (χ4v) is 3.35. The van der Waals surface area contributed by atoms with E-state index in [2.05, 4.69) is 26.0 Å². The summed E-state index contributed by atoms with van der Waals surface area (Å²) in [4.78, 5) is 12.6. The average molecular weight is 296 g/mol. The number of aryl methyl sites for hydroxylation is 1. The maximum Gasteiger partial charge on any atom is 0.255 e. The molecule has 1 unspecified atom stereocenters. The van der Waals surface area contributed by atoms with Gasteiger partial charge >= 0.3 is 0 Å². The Morgan fingerprint density at radius 1 is 1.09 bits per heavy atom. The van der Waals surface area contributed by atoms with Gasteiger partial charge in [-0.25, -0.2) is 0 Å². The highest BCUT2D eigenvalue weighted by molar-refractivity contribution is 5.37. The highest BCUT2D eigenvalue weighted by Crippen LogP contribution is 2.25. The van der Waals surface area contributed by atoms with Gasteiger partial charge in [0.05, 0.1) is 6.04 Å². The lowest BCUT2D eigenvalue weighted by molar-refractivity contribution is 0.742. The Bertz CT molecular complexity index is 741. The monoisotopic (exact) mass is 296 g/mol. The molecule has 22 heavy (non-hydrogen) atoms. The van der Waals surface area contributed by atoms with Crippen LogP contribution < -0.4 is 11.3 Å². The van der Waals surface area contributed by atoms with E-state index in [0.717, 1.165) is 24.8 Å². The number of nitrogens with two attached hydrogens (primary N) is 1. The molecule has 3 nitrogen and oxygen atoms in total. The Morgan fingerprint density at radius 2 is 1.73 bits per heavy atom. The van der Waals surface area contributed by atoms with Crippen LogP contribution in [0.5, 0.6) is 0 Å². The van der Waals surface area contributed by atoms with Gasteiger partial charge in [0.2, 0.25) is 0 Å². The lowest BCUT2D eigenvalue weighted by atomic mass is 9.95. The number of nitrogens with zero attached hydrogens (tertiary/aromatic N) is 1. The summed E-state index contributed by atoms with van der Waals surface area (Å²) in [6, 6.07) is 9.99. The minimum absolute atomic E-state index is 0.0427. The van der Waals surface area contributed by atoms with Crippen molar-refractivity contribution in [3.05, 3.63) is 68.6 Å². The van der Waals surface area contributed by atoms with E-state index in [0.29, 0.717) is 11.5 Å². The molecule has 1 heterocycles. The van der Waals surface area contributed by atoms with Crippen molar-refractivity contribution in [1.82, 2.24) is 4.57 Å². The van der Waals surface area contributed by atoms with Gasteiger partial charge in [0, 0.05) is 18.3 Å². The van der Waals surface area contributed by atoms with Crippen LogP contribution in [0.15, 0.2) is 35.1 Å². The van der Waals surface area contributed by atoms with Crippen LogP contribution >= 0.6 is 0 Å². The molecule has 0 saturated heterocycles. The summed E-state index contributed by atoms with van der Waals surface area (Å²) >= 11 is 0. The molecule has 1 atom stereocenters. The van der Waals surface area contributed by atoms with Crippen molar-refractivity contribution >= 4 is 0 Å². The summed E-state index contributed by atoms with van der Waals surface area (Å²) in [6.07, 6.45) is 3.18. The summed E-state index contributed by atoms with van der Waals surface area (Å²) in [5.41, 5.74) is 11.9. The molecular formula is C19H24N2O. The van der Waals surface area contributed by atoms with Crippen molar-refractivity contribution in [1.29, 1.82) is 0 Å². The molecule has 1 aromatic heterocycles. The van der Waals surface area contributed by atoms with Gasteiger partial charge in [-0.1, -0.05) is 38.1 Å². The van der Waals surface area contributed by atoms with E-state index in [1.165, 1.54) is 16.8 Å². The maximum absolute atomic E-state index is 12.6. The summed E-state index contributed by atoms with van der Waals surface area (Å²) in [6.45, 7) is 4.34. The van der Waals surface area contributed by atoms with Gasteiger partial charge in [-0.05, 0) is 47.9 Å². The molecule has 1 aliphatic rings. The zero-order valence-electron chi connectivity index (χ0n) is 13.6. The first-order chi connectivity index (χ1) is 10.5. The van der Waals surface area contributed by atoms with Crippen molar-refractivity contribution in [3.8, 4) is 0 Å². The molecule has 1 aliphatic carbocycles. The second kappa shape index (κ2) is 5.73. The molecule has 0 amide bonds. The number of fused-ring (bicyclic) bond motifs is 1. The molecule has 0 saturated carbocycles. The molecule has 3 heteroatoms. The Morgan fingerprint density at radius 3 is 2.36 bits per heavy atom. The first-order valence-corrected chi connectivity index (χ1v) is 8.06. The standard InChI is InChI=1S/C19H24N2O/c1-12(2)13-7-9-14(10-8-13)18(20)16-11-15-5-4-6-17(15)21(3)19(16)22/h7-12,18H,4-6,20H2,1-3H3. The molecule has 0 bridgehead atoms. The summed E-state index contributed by atoms with van der Waals surface area (Å²) in [5.74, 6) is 0.498. The minimum Gasteiger partial charge on any atom is -0.320 e. The third-order valence-electron chi connectivity index (χ3n) is 4.81. The van der Waals surface area contributed by atoms with E-state index in [1.807, 2.05) is 25.2 Å². The average Bonchev–Trinajstić information content (AvgIpc) is 2.99. The van der Waals surface area contributed by atoms with Gasteiger partial charge in [0.15, 0.2) is 0 Å². The van der Waals surface area contributed by atoms with E-state index in [1.54, 1.807) is 4.57 Å². The van der Waals surface area contributed by atoms with E-state index in [9.17, 15) is 4.79 Å². The van der Waals surface area contributed by atoms with Crippen LogP contribution in [-0.2, 0) is 19.9 Å². The fourth-order valence-electron chi connectivity index (χ4n) is 3.35.